The Kier molecular flexibility index (Phi) is 6.91. The molecule has 0 aliphatic heterocycles. The van der Waals surface area contributed by atoms with Gasteiger partial charge in [-0.1, -0.05) is 13.8 Å². The Hall–Kier alpha value is -1.72. The van der Waals surface area contributed by atoms with Crippen molar-refractivity contribution in [3.8, 4) is 0 Å². The maximum Gasteiger partial charge on any atom is 0.307 e. The highest BCUT2D eigenvalue weighted by atomic mass is 32.2. The summed E-state index contributed by atoms with van der Waals surface area (Å²) in [7, 11) is -6.64. The molecule has 0 fully saturated rings. The minimum absolute atomic E-state index is 0.192. The highest BCUT2D eigenvalue weighted by molar-refractivity contribution is 7.92. The van der Waals surface area contributed by atoms with Gasteiger partial charge in [0.05, 0.1) is 22.3 Å². The van der Waals surface area contributed by atoms with E-state index in [-0.39, 0.29) is 18.0 Å². The lowest BCUT2D eigenvalue weighted by molar-refractivity contribution is -0.141. The van der Waals surface area contributed by atoms with E-state index in [9.17, 15) is 26.0 Å². The number of sulfonamides is 2. The minimum Gasteiger partial charge on any atom is -0.481 e. The molecule has 142 valence electrons. The van der Waals surface area contributed by atoms with Crippen molar-refractivity contribution in [3.05, 3.63) is 24.0 Å². The highest BCUT2D eigenvalue weighted by Gasteiger charge is 2.26. The maximum absolute atomic E-state index is 14.1. The fourth-order valence-corrected chi connectivity index (χ4v) is 4.38. The second kappa shape index (κ2) is 8.11. The molecule has 0 heterocycles. The first-order valence-electron chi connectivity index (χ1n) is 7.40. The number of halogens is 1. The Morgan fingerprint density at radius 2 is 1.92 bits per heavy atom. The lowest BCUT2D eigenvalue weighted by atomic mass is 10.2. The van der Waals surface area contributed by atoms with Crippen LogP contribution in [0.4, 0.5) is 10.1 Å². The number of carbonyl (C=O) groups is 1. The largest absolute Gasteiger partial charge is 0.481 e. The summed E-state index contributed by atoms with van der Waals surface area (Å²) in [5, 5.41) is 8.85. The topological polar surface area (TPSA) is 121 Å². The van der Waals surface area contributed by atoms with Crippen LogP contribution in [-0.2, 0) is 24.8 Å². The summed E-state index contributed by atoms with van der Waals surface area (Å²) < 4.78 is 65.0. The van der Waals surface area contributed by atoms with Gasteiger partial charge in [0.1, 0.15) is 5.82 Å². The number of aliphatic carboxylic acids is 1. The fraction of sp³-hybridized carbons (Fsp3) is 0.500. The number of carboxylic acid groups (broad SMARTS) is 1. The summed E-state index contributed by atoms with van der Waals surface area (Å²) in [6, 6.07) is 2.77. The van der Waals surface area contributed by atoms with Crippen molar-refractivity contribution in [1.29, 1.82) is 0 Å². The first-order chi connectivity index (χ1) is 11.4. The number of hydrogen-bond donors (Lipinski definition) is 2. The summed E-state index contributed by atoms with van der Waals surface area (Å²) in [5.41, 5.74) is -0.353. The number of nitrogens with one attached hydrogen (secondary N) is 1. The van der Waals surface area contributed by atoms with Gasteiger partial charge in [-0.3, -0.25) is 9.52 Å². The van der Waals surface area contributed by atoms with Gasteiger partial charge in [-0.2, -0.15) is 0 Å². The van der Waals surface area contributed by atoms with E-state index < -0.39 is 42.6 Å². The predicted octanol–water partition coefficient (Wildman–Crippen LogP) is 1.32. The van der Waals surface area contributed by atoms with Gasteiger partial charge in [-0.25, -0.2) is 25.5 Å². The van der Waals surface area contributed by atoms with Gasteiger partial charge in [-0.15, -0.1) is 0 Å². The van der Waals surface area contributed by atoms with E-state index in [4.69, 9.17) is 5.11 Å². The van der Waals surface area contributed by atoms with Gasteiger partial charge in [0, 0.05) is 13.6 Å². The molecule has 0 aromatic heterocycles. The molecule has 1 aromatic rings. The van der Waals surface area contributed by atoms with Gasteiger partial charge >= 0.3 is 5.97 Å². The van der Waals surface area contributed by atoms with Gasteiger partial charge in [-0.05, 0) is 24.6 Å². The Labute approximate surface area is 146 Å². The molecule has 11 heteroatoms. The van der Waals surface area contributed by atoms with Crippen molar-refractivity contribution in [2.24, 2.45) is 5.92 Å². The lowest BCUT2D eigenvalue weighted by Crippen LogP contribution is -2.33. The molecule has 0 amide bonds. The van der Waals surface area contributed by atoms with E-state index in [2.05, 4.69) is 4.72 Å². The van der Waals surface area contributed by atoms with Crippen LogP contribution >= 0.6 is 0 Å². The number of carboxylic acids is 1. The summed E-state index contributed by atoms with van der Waals surface area (Å²) in [6.07, 6.45) is 0.343. The molecule has 1 unspecified atom stereocenters. The van der Waals surface area contributed by atoms with Crippen molar-refractivity contribution in [2.45, 2.75) is 25.2 Å². The van der Waals surface area contributed by atoms with Gasteiger partial charge < -0.3 is 5.11 Å². The third kappa shape index (κ3) is 5.65. The first kappa shape index (κ1) is 21.3. The Morgan fingerprint density at radius 3 is 2.40 bits per heavy atom. The third-order valence-corrected chi connectivity index (χ3v) is 6.64. The Balaban J connectivity index is 3.07. The summed E-state index contributed by atoms with van der Waals surface area (Å²) in [4.78, 5) is 10.4. The molecule has 8 nitrogen and oxygen atoms in total. The molecule has 25 heavy (non-hydrogen) atoms. The molecule has 0 saturated carbocycles. The van der Waals surface area contributed by atoms with Crippen molar-refractivity contribution >= 4 is 31.7 Å². The van der Waals surface area contributed by atoms with E-state index in [0.717, 1.165) is 16.4 Å². The maximum atomic E-state index is 14.1. The van der Waals surface area contributed by atoms with Crippen LogP contribution in [0.5, 0.6) is 0 Å². The molecule has 1 aromatic carbocycles. The number of hydrogen-bond acceptors (Lipinski definition) is 5. The van der Waals surface area contributed by atoms with E-state index in [1.165, 1.54) is 14.0 Å². The van der Waals surface area contributed by atoms with Crippen LogP contribution < -0.4 is 4.72 Å². The summed E-state index contributed by atoms with van der Waals surface area (Å²) in [6.45, 7) is 2.71. The second-order valence-corrected chi connectivity index (χ2v) is 9.47. The third-order valence-electron chi connectivity index (χ3n) is 3.34. The molecule has 0 aliphatic rings. The standard InChI is InChI=1S/C14H21FN2O6S2/c1-4-7-24(20,21)16-13-6-5-11(8-12(13)15)25(22,23)17(3)9-10(2)14(18)19/h5-6,8,10,16H,4,7,9H2,1-3H3,(H,18,19). The zero-order chi connectivity index (χ0) is 19.4. The first-order valence-corrected chi connectivity index (χ1v) is 10.5. The zero-order valence-corrected chi connectivity index (χ0v) is 15.7. The predicted molar refractivity (Wildman–Crippen MR) is 90.7 cm³/mol. The molecule has 0 radical (unpaired) electrons. The molecule has 0 spiro atoms. The molecule has 0 bridgehead atoms. The van der Waals surface area contributed by atoms with E-state index in [1.807, 2.05) is 0 Å². The van der Waals surface area contributed by atoms with Crippen LogP contribution in [0.2, 0.25) is 0 Å². The van der Waals surface area contributed by atoms with Crippen LogP contribution in [0.15, 0.2) is 23.1 Å². The normalized spacial score (nSPS) is 13.6. The van der Waals surface area contributed by atoms with Crippen molar-refractivity contribution in [1.82, 2.24) is 4.31 Å². The van der Waals surface area contributed by atoms with Gasteiger partial charge in [0.2, 0.25) is 20.0 Å². The summed E-state index contributed by atoms with van der Waals surface area (Å²) >= 11 is 0. The van der Waals surface area contributed by atoms with Gasteiger partial charge in [0.15, 0.2) is 0 Å². The smallest absolute Gasteiger partial charge is 0.307 e. The molecule has 0 aliphatic carbocycles. The second-order valence-electron chi connectivity index (χ2n) is 5.59. The average molecular weight is 396 g/mol. The lowest BCUT2D eigenvalue weighted by Gasteiger charge is -2.19. The van der Waals surface area contributed by atoms with E-state index in [0.29, 0.717) is 12.5 Å². The molecular formula is C14H21FN2O6S2. The van der Waals surface area contributed by atoms with Crippen molar-refractivity contribution in [3.63, 3.8) is 0 Å². The number of anilines is 1. The van der Waals surface area contributed by atoms with Gasteiger partial charge in [0.25, 0.3) is 0 Å². The fourth-order valence-electron chi connectivity index (χ4n) is 1.97. The molecule has 1 rings (SSSR count). The highest BCUT2D eigenvalue weighted by Crippen LogP contribution is 2.22. The van der Waals surface area contributed by atoms with Crippen LogP contribution in [-0.4, -0.2) is 51.6 Å². The Bertz CT molecular complexity index is 839. The summed E-state index contributed by atoms with van der Waals surface area (Å²) in [5.74, 6) is -3.33. The quantitative estimate of drug-likeness (QED) is 0.649. The van der Waals surface area contributed by atoms with Crippen LogP contribution in [0.1, 0.15) is 20.3 Å². The number of benzene rings is 1. The monoisotopic (exact) mass is 396 g/mol. The van der Waals surface area contributed by atoms with E-state index in [1.54, 1.807) is 6.92 Å². The van der Waals surface area contributed by atoms with Crippen LogP contribution in [0, 0.1) is 11.7 Å². The number of nitrogens with zero attached hydrogens (tertiary/aromatic N) is 1. The van der Waals surface area contributed by atoms with Crippen LogP contribution in [0.3, 0.4) is 0 Å². The number of rotatable bonds is 9. The van der Waals surface area contributed by atoms with Crippen LogP contribution in [0.25, 0.3) is 0 Å². The molecule has 2 N–H and O–H groups in total. The molecular weight excluding hydrogens is 375 g/mol. The average Bonchev–Trinajstić information content (AvgIpc) is 2.48. The van der Waals surface area contributed by atoms with E-state index >= 15 is 0 Å². The minimum atomic E-state index is -4.11. The van der Waals surface area contributed by atoms with Crippen molar-refractivity contribution < 1.29 is 31.1 Å². The van der Waals surface area contributed by atoms with Crippen molar-refractivity contribution in [2.75, 3.05) is 24.1 Å². The Morgan fingerprint density at radius 1 is 1.32 bits per heavy atom. The zero-order valence-electron chi connectivity index (χ0n) is 14.1. The molecule has 1 atom stereocenters. The molecule has 0 saturated heterocycles. The SMILES string of the molecule is CCCS(=O)(=O)Nc1ccc(S(=O)(=O)N(C)CC(C)C(=O)O)cc1F.